The number of urea groups is 2. The molecule has 178 valence electrons. The summed E-state index contributed by atoms with van der Waals surface area (Å²) in [5.41, 5.74) is 0.150. The minimum atomic E-state index is -0.472. The minimum Gasteiger partial charge on any atom is -0.339 e. The third-order valence-electron chi connectivity index (χ3n) is 7.67. The molecule has 0 spiro atoms. The Bertz CT molecular complexity index is 919. The largest absolute Gasteiger partial charge is 0.339 e. The van der Waals surface area contributed by atoms with Gasteiger partial charge in [0.2, 0.25) is 5.91 Å². The van der Waals surface area contributed by atoms with Crippen molar-refractivity contribution in [3.05, 3.63) is 30.1 Å². The van der Waals surface area contributed by atoms with Crippen LogP contribution in [0.15, 0.2) is 24.3 Å². The van der Waals surface area contributed by atoms with Gasteiger partial charge in [-0.15, -0.1) is 0 Å². The molecule has 9 heteroatoms. The first-order valence-corrected chi connectivity index (χ1v) is 12.1. The zero-order valence-corrected chi connectivity index (χ0v) is 18.8. The van der Waals surface area contributed by atoms with Crippen molar-refractivity contribution < 1.29 is 18.8 Å². The summed E-state index contributed by atoms with van der Waals surface area (Å²) < 4.78 is 13.7. The second-order valence-electron chi connectivity index (χ2n) is 9.89. The number of likely N-dealkylation sites (tertiary alicyclic amines) is 2. The third kappa shape index (κ3) is 4.63. The van der Waals surface area contributed by atoms with Crippen LogP contribution in [0.25, 0.3) is 0 Å². The van der Waals surface area contributed by atoms with E-state index in [1.807, 2.05) is 9.80 Å². The first kappa shape index (κ1) is 22.0. The normalized spacial score (nSPS) is 27.7. The molecule has 1 aromatic carbocycles. The molecule has 2 N–H and O–H groups in total. The Morgan fingerprint density at radius 2 is 1.79 bits per heavy atom. The number of rotatable bonds is 2. The fourth-order valence-electron chi connectivity index (χ4n) is 6.09. The highest BCUT2D eigenvalue weighted by Crippen LogP contribution is 2.38. The van der Waals surface area contributed by atoms with Crippen molar-refractivity contribution in [2.75, 3.05) is 38.0 Å². The number of para-hydroxylation sites is 1. The molecule has 4 saturated heterocycles. The van der Waals surface area contributed by atoms with Crippen LogP contribution >= 0.6 is 0 Å². The smallest absolute Gasteiger partial charge is 0.320 e. The molecule has 0 aromatic heterocycles. The van der Waals surface area contributed by atoms with Crippen molar-refractivity contribution in [2.45, 2.75) is 50.6 Å². The van der Waals surface area contributed by atoms with Gasteiger partial charge in [-0.3, -0.25) is 4.79 Å². The molecule has 0 radical (unpaired) electrons. The summed E-state index contributed by atoms with van der Waals surface area (Å²) >= 11 is 0. The summed E-state index contributed by atoms with van der Waals surface area (Å²) in [5.74, 6) is 0.564. The Labute approximate surface area is 193 Å². The fraction of sp³-hybridized carbons (Fsp3) is 0.625. The molecule has 1 aromatic rings. The maximum atomic E-state index is 13.7. The van der Waals surface area contributed by atoms with Crippen molar-refractivity contribution in [1.29, 1.82) is 0 Å². The van der Waals surface area contributed by atoms with Crippen LogP contribution in [-0.2, 0) is 4.79 Å². The number of carbonyl (C=O) groups is 3. The maximum Gasteiger partial charge on any atom is 0.320 e. The summed E-state index contributed by atoms with van der Waals surface area (Å²) in [6.07, 6.45) is 5.13. The summed E-state index contributed by atoms with van der Waals surface area (Å²) in [4.78, 5) is 43.8. The van der Waals surface area contributed by atoms with Gasteiger partial charge in [-0.05, 0) is 56.1 Å². The Morgan fingerprint density at radius 1 is 1.00 bits per heavy atom. The number of nitrogens with one attached hydrogen (secondary N) is 2. The van der Waals surface area contributed by atoms with E-state index >= 15 is 0 Å². The van der Waals surface area contributed by atoms with Crippen molar-refractivity contribution >= 4 is 23.7 Å². The van der Waals surface area contributed by atoms with Gasteiger partial charge < -0.3 is 25.3 Å². The third-order valence-corrected chi connectivity index (χ3v) is 7.67. The number of nitrogens with zero attached hydrogens (tertiary/aromatic N) is 3. The summed E-state index contributed by atoms with van der Waals surface area (Å²) in [7, 11) is 0. The summed E-state index contributed by atoms with van der Waals surface area (Å²) in [6.45, 7) is 3.40. The first-order valence-electron chi connectivity index (χ1n) is 12.1. The highest BCUT2D eigenvalue weighted by molar-refractivity contribution is 5.89. The SMILES string of the molecule is O=C(Nc1ccccc1F)NC1CCN(C(=O)N2C[C@H]3C[C@H](C2)[C@H]2CCCC(=O)N2C3)CC1. The van der Waals surface area contributed by atoms with Gasteiger partial charge in [-0.1, -0.05) is 12.1 Å². The highest BCUT2D eigenvalue weighted by Gasteiger charge is 2.45. The molecule has 0 saturated carbocycles. The van der Waals surface area contributed by atoms with Crippen molar-refractivity contribution in [2.24, 2.45) is 11.8 Å². The van der Waals surface area contributed by atoms with E-state index in [0.717, 1.165) is 38.9 Å². The second-order valence-corrected chi connectivity index (χ2v) is 9.89. The molecule has 4 fully saturated rings. The predicted molar refractivity (Wildman–Crippen MR) is 121 cm³/mol. The van der Waals surface area contributed by atoms with Gasteiger partial charge in [0.05, 0.1) is 5.69 Å². The van der Waals surface area contributed by atoms with Crippen LogP contribution in [0.4, 0.5) is 19.7 Å². The van der Waals surface area contributed by atoms with Crippen LogP contribution in [0.1, 0.15) is 38.5 Å². The van der Waals surface area contributed by atoms with Crippen LogP contribution < -0.4 is 10.6 Å². The molecule has 8 nitrogen and oxygen atoms in total. The Kier molecular flexibility index (Phi) is 6.12. The topological polar surface area (TPSA) is 85.0 Å². The molecule has 2 bridgehead atoms. The van der Waals surface area contributed by atoms with Gasteiger partial charge in [0, 0.05) is 51.2 Å². The van der Waals surface area contributed by atoms with E-state index in [9.17, 15) is 18.8 Å². The number of hydrogen-bond acceptors (Lipinski definition) is 3. The standard InChI is InChI=1S/C24H32FN5O3/c25-19-4-1-2-5-20(19)27-23(32)26-18-8-10-28(11-9-18)24(33)29-13-16-12-17(15-29)21-6-3-7-22(31)30(21)14-16/h1-2,4-5,16-18,21H,3,6-15H2,(H2,26,27,32)/t16-,17-,21-/m1/s1. The first-order chi connectivity index (χ1) is 16.0. The molecule has 0 unspecified atom stereocenters. The molecule has 0 aliphatic carbocycles. The lowest BCUT2D eigenvalue weighted by molar-refractivity contribution is -0.144. The Morgan fingerprint density at radius 3 is 2.58 bits per heavy atom. The predicted octanol–water partition coefficient (Wildman–Crippen LogP) is 2.86. The van der Waals surface area contributed by atoms with E-state index in [4.69, 9.17) is 0 Å². The zero-order chi connectivity index (χ0) is 22.9. The van der Waals surface area contributed by atoms with Gasteiger partial charge in [-0.25, -0.2) is 14.0 Å². The average molecular weight is 458 g/mol. The lowest BCUT2D eigenvalue weighted by Gasteiger charge is -2.53. The molecule has 5 amide bonds. The molecule has 33 heavy (non-hydrogen) atoms. The quantitative estimate of drug-likeness (QED) is 0.716. The molecule has 4 aliphatic heterocycles. The van der Waals surface area contributed by atoms with Gasteiger partial charge in [0.15, 0.2) is 0 Å². The van der Waals surface area contributed by atoms with E-state index in [0.29, 0.717) is 50.2 Å². The highest BCUT2D eigenvalue weighted by atomic mass is 19.1. The molecular weight excluding hydrogens is 425 g/mol. The van der Waals surface area contributed by atoms with Gasteiger partial charge in [-0.2, -0.15) is 0 Å². The van der Waals surface area contributed by atoms with Crippen LogP contribution in [0.5, 0.6) is 0 Å². The molecule has 3 atom stereocenters. The number of piperidine rings is 4. The van der Waals surface area contributed by atoms with Crippen LogP contribution in [0, 0.1) is 17.7 Å². The van der Waals surface area contributed by atoms with E-state index in [2.05, 4.69) is 15.5 Å². The van der Waals surface area contributed by atoms with Crippen molar-refractivity contribution in [3.63, 3.8) is 0 Å². The van der Waals surface area contributed by atoms with Crippen molar-refractivity contribution in [3.8, 4) is 0 Å². The molecular formula is C24H32FN5O3. The van der Waals surface area contributed by atoms with Gasteiger partial charge in [0.25, 0.3) is 0 Å². The fourth-order valence-corrected chi connectivity index (χ4v) is 6.09. The lowest BCUT2D eigenvalue weighted by Crippen LogP contribution is -2.62. The molecule has 5 rings (SSSR count). The lowest BCUT2D eigenvalue weighted by atomic mass is 9.76. The average Bonchev–Trinajstić information content (AvgIpc) is 2.81. The summed E-state index contributed by atoms with van der Waals surface area (Å²) in [5, 5.41) is 5.45. The second kappa shape index (κ2) is 9.19. The minimum absolute atomic E-state index is 0.0524. The van der Waals surface area contributed by atoms with E-state index in [1.54, 1.807) is 12.1 Å². The number of hydrogen-bond donors (Lipinski definition) is 2. The number of anilines is 1. The monoisotopic (exact) mass is 457 g/mol. The van der Waals surface area contributed by atoms with Crippen LogP contribution in [-0.4, -0.2) is 77.5 Å². The number of fused-ring (bicyclic) bond motifs is 4. The molecule has 4 heterocycles. The number of amides is 5. The zero-order valence-electron chi connectivity index (χ0n) is 18.8. The Hall–Kier alpha value is -2.84. The van der Waals surface area contributed by atoms with E-state index < -0.39 is 11.8 Å². The van der Waals surface area contributed by atoms with Crippen molar-refractivity contribution in [1.82, 2.24) is 20.0 Å². The van der Waals surface area contributed by atoms with Gasteiger partial charge in [0.1, 0.15) is 5.82 Å². The van der Waals surface area contributed by atoms with Crippen LogP contribution in [0.3, 0.4) is 0 Å². The number of halogens is 1. The number of carbonyl (C=O) groups excluding carboxylic acids is 3. The van der Waals surface area contributed by atoms with E-state index in [-0.39, 0.29) is 23.7 Å². The summed E-state index contributed by atoms with van der Waals surface area (Å²) in [6, 6.07) is 5.95. The maximum absolute atomic E-state index is 13.7. The van der Waals surface area contributed by atoms with Gasteiger partial charge >= 0.3 is 12.1 Å². The van der Waals surface area contributed by atoms with E-state index in [1.165, 1.54) is 12.1 Å². The Balaban J connectivity index is 1.11. The number of benzene rings is 1. The van der Waals surface area contributed by atoms with Crippen LogP contribution in [0.2, 0.25) is 0 Å². The molecule has 4 aliphatic rings.